The number of primary amides is 1. The summed E-state index contributed by atoms with van der Waals surface area (Å²) in [7, 11) is 0. The van der Waals surface area contributed by atoms with Crippen molar-refractivity contribution in [3.8, 4) is 0 Å². The van der Waals surface area contributed by atoms with Crippen molar-refractivity contribution >= 4 is 32.7 Å². The first-order chi connectivity index (χ1) is 8.08. The van der Waals surface area contributed by atoms with E-state index in [4.69, 9.17) is 5.73 Å². The van der Waals surface area contributed by atoms with Crippen LogP contribution < -0.4 is 5.73 Å². The van der Waals surface area contributed by atoms with Gasteiger partial charge in [-0.25, -0.2) is 0 Å². The summed E-state index contributed by atoms with van der Waals surface area (Å²) in [5.41, 5.74) is 8.20. The van der Waals surface area contributed by atoms with Crippen LogP contribution >= 0.6 is 15.9 Å². The highest BCUT2D eigenvalue weighted by Gasteiger charge is 2.13. The fourth-order valence-electron chi connectivity index (χ4n) is 1.76. The van der Waals surface area contributed by atoms with Crippen LogP contribution in [0.1, 0.15) is 11.3 Å². The summed E-state index contributed by atoms with van der Waals surface area (Å²) in [6, 6.07) is 9.97. The van der Waals surface area contributed by atoms with Gasteiger partial charge in [0.05, 0.1) is 10.3 Å². The molecule has 3 nitrogen and oxygen atoms in total. The van der Waals surface area contributed by atoms with Crippen LogP contribution in [0, 0.1) is 6.92 Å². The number of hydrogen-bond acceptors (Lipinski definition) is 2. The van der Waals surface area contributed by atoms with E-state index in [0.717, 1.165) is 22.2 Å². The van der Waals surface area contributed by atoms with Crippen LogP contribution in [0.4, 0.5) is 0 Å². The highest BCUT2D eigenvalue weighted by molar-refractivity contribution is 9.10. The van der Waals surface area contributed by atoms with E-state index in [2.05, 4.69) is 20.9 Å². The van der Waals surface area contributed by atoms with Crippen molar-refractivity contribution < 1.29 is 4.79 Å². The summed E-state index contributed by atoms with van der Waals surface area (Å²) in [6.07, 6.45) is 0.559. The van der Waals surface area contributed by atoms with E-state index in [9.17, 15) is 4.79 Å². The lowest BCUT2D eigenvalue weighted by atomic mass is 10.0. The molecular weight excluding hydrogens is 280 g/mol. The maximum absolute atomic E-state index is 11.1. The number of carbonyl (C=O) groups is 1. The van der Waals surface area contributed by atoms with Crippen LogP contribution in [0.15, 0.2) is 30.3 Å². The van der Waals surface area contributed by atoms with Gasteiger partial charge in [0.2, 0.25) is 5.91 Å². The van der Waals surface area contributed by atoms with Crippen LogP contribution in [0.25, 0.3) is 10.9 Å². The normalized spacial score (nSPS) is 12.6. The average molecular weight is 293 g/mol. The van der Waals surface area contributed by atoms with Gasteiger partial charge < -0.3 is 5.73 Å². The second-order valence-corrected chi connectivity index (χ2v) is 5.12. The summed E-state index contributed by atoms with van der Waals surface area (Å²) in [5, 5.41) is 1.08. The van der Waals surface area contributed by atoms with Gasteiger partial charge in [0.15, 0.2) is 0 Å². The molecule has 1 atom stereocenters. The van der Waals surface area contributed by atoms with E-state index >= 15 is 0 Å². The number of rotatable bonds is 3. The Morgan fingerprint density at radius 3 is 2.88 bits per heavy atom. The molecule has 88 valence electrons. The average Bonchev–Trinajstić information content (AvgIpc) is 2.29. The van der Waals surface area contributed by atoms with Gasteiger partial charge in [0, 0.05) is 11.1 Å². The predicted molar refractivity (Wildman–Crippen MR) is 72.1 cm³/mol. The van der Waals surface area contributed by atoms with Crippen molar-refractivity contribution in [2.75, 3.05) is 0 Å². The summed E-state index contributed by atoms with van der Waals surface area (Å²) in [6.45, 7) is 1.95. The number of fused-ring (bicyclic) bond motifs is 1. The molecule has 0 spiro atoms. The first-order valence-corrected chi connectivity index (χ1v) is 6.28. The number of nitrogens with zero attached hydrogens (tertiary/aromatic N) is 1. The molecule has 17 heavy (non-hydrogen) atoms. The summed E-state index contributed by atoms with van der Waals surface area (Å²) >= 11 is 3.28. The minimum Gasteiger partial charge on any atom is -0.369 e. The number of amides is 1. The third-order valence-corrected chi connectivity index (χ3v) is 3.43. The molecule has 0 radical (unpaired) electrons. The second kappa shape index (κ2) is 4.84. The monoisotopic (exact) mass is 292 g/mol. The van der Waals surface area contributed by atoms with Gasteiger partial charge in [-0.2, -0.15) is 0 Å². The summed E-state index contributed by atoms with van der Waals surface area (Å²) in [4.78, 5) is 15.2. The number of aromatic nitrogens is 1. The number of carbonyl (C=O) groups excluding carboxylic acids is 1. The van der Waals surface area contributed by atoms with E-state index < -0.39 is 0 Å². The Bertz CT molecular complexity index is 568. The van der Waals surface area contributed by atoms with E-state index in [-0.39, 0.29) is 10.7 Å². The number of benzene rings is 1. The fourth-order valence-corrected chi connectivity index (χ4v) is 2.11. The van der Waals surface area contributed by atoms with Gasteiger partial charge in [0.1, 0.15) is 0 Å². The Balaban J connectivity index is 2.46. The van der Waals surface area contributed by atoms with Crippen LogP contribution in [0.3, 0.4) is 0 Å². The number of para-hydroxylation sites is 1. The summed E-state index contributed by atoms with van der Waals surface area (Å²) in [5.74, 6) is -0.352. The van der Waals surface area contributed by atoms with Crippen molar-refractivity contribution in [1.29, 1.82) is 0 Å². The zero-order valence-corrected chi connectivity index (χ0v) is 11.1. The first kappa shape index (κ1) is 12.0. The highest BCUT2D eigenvalue weighted by Crippen LogP contribution is 2.20. The molecule has 1 aromatic carbocycles. The fraction of sp³-hybridized carbons (Fsp3) is 0.231. The number of alkyl halides is 1. The van der Waals surface area contributed by atoms with Crippen molar-refractivity contribution in [3.63, 3.8) is 0 Å². The molecule has 0 fully saturated rings. The Morgan fingerprint density at radius 1 is 1.41 bits per heavy atom. The standard InChI is InChI=1S/C13H13BrN2O/c1-8-5-6-9-3-2-4-10(12(9)16-8)7-11(14)13(15)17/h2-6,11H,7H2,1H3,(H2,15,17). The molecule has 0 aliphatic heterocycles. The van der Waals surface area contributed by atoms with Crippen LogP contribution in [0.5, 0.6) is 0 Å². The number of aryl methyl sites for hydroxylation is 1. The Labute approximate surface area is 108 Å². The molecule has 0 bridgehead atoms. The third kappa shape index (κ3) is 2.64. The van der Waals surface area contributed by atoms with Gasteiger partial charge in [-0.15, -0.1) is 0 Å². The van der Waals surface area contributed by atoms with Gasteiger partial charge in [-0.05, 0) is 25.0 Å². The Morgan fingerprint density at radius 2 is 2.18 bits per heavy atom. The number of hydrogen-bond donors (Lipinski definition) is 1. The molecule has 4 heteroatoms. The second-order valence-electron chi connectivity index (χ2n) is 4.02. The maximum atomic E-state index is 11.1. The van der Waals surface area contributed by atoms with Crippen molar-refractivity contribution in [3.05, 3.63) is 41.6 Å². The molecule has 0 aliphatic rings. The van der Waals surface area contributed by atoms with E-state index in [1.807, 2.05) is 37.3 Å². The lowest BCUT2D eigenvalue weighted by molar-refractivity contribution is -0.117. The maximum Gasteiger partial charge on any atom is 0.231 e. The number of nitrogens with two attached hydrogens (primary N) is 1. The van der Waals surface area contributed by atoms with Crippen molar-refractivity contribution in [2.24, 2.45) is 5.73 Å². The van der Waals surface area contributed by atoms with Gasteiger partial charge in [-0.3, -0.25) is 9.78 Å². The number of pyridine rings is 1. The quantitative estimate of drug-likeness (QED) is 0.883. The smallest absolute Gasteiger partial charge is 0.231 e. The SMILES string of the molecule is Cc1ccc2cccc(CC(Br)C(N)=O)c2n1. The van der Waals surface area contributed by atoms with Crippen LogP contribution in [0.2, 0.25) is 0 Å². The minimum absolute atomic E-state index is 0.351. The molecule has 1 amide bonds. The molecule has 2 rings (SSSR count). The molecule has 0 aliphatic carbocycles. The molecule has 2 aromatic rings. The zero-order chi connectivity index (χ0) is 12.4. The topological polar surface area (TPSA) is 56.0 Å². The molecule has 0 saturated carbocycles. The molecule has 1 heterocycles. The third-order valence-electron chi connectivity index (χ3n) is 2.65. The first-order valence-electron chi connectivity index (χ1n) is 5.36. The molecule has 1 aromatic heterocycles. The van der Waals surface area contributed by atoms with Gasteiger partial charge in [0.25, 0.3) is 0 Å². The summed E-state index contributed by atoms with van der Waals surface area (Å²) < 4.78 is 0. The van der Waals surface area contributed by atoms with E-state index in [1.165, 1.54) is 0 Å². The van der Waals surface area contributed by atoms with Gasteiger partial charge >= 0.3 is 0 Å². The molecule has 2 N–H and O–H groups in total. The van der Waals surface area contributed by atoms with Crippen molar-refractivity contribution in [1.82, 2.24) is 4.98 Å². The Kier molecular flexibility index (Phi) is 3.43. The van der Waals surface area contributed by atoms with Crippen molar-refractivity contribution in [2.45, 2.75) is 18.2 Å². The van der Waals surface area contributed by atoms with Gasteiger partial charge in [-0.1, -0.05) is 40.2 Å². The van der Waals surface area contributed by atoms with Crippen LogP contribution in [-0.4, -0.2) is 15.7 Å². The minimum atomic E-state index is -0.352. The van der Waals surface area contributed by atoms with E-state index in [1.54, 1.807) is 0 Å². The predicted octanol–water partition coefficient (Wildman–Crippen LogP) is 2.33. The van der Waals surface area contributed by atoms with Crippen LogP contribution in [-0.2, 0) is 11.2 Å². The molecular formula is C13H13BrN2O. The molecule has 1 unspecified atom stereocenters. The number of halogens is 1. The molecule has 0 saturated heterocycles. The lowest BCUT2D eigenvalue weighted by Crippen LogP contribution is -2.25. The zero-order valence-electron chi connectivity index (χ0n) is 9.48. The highest BCUT2D eigenvalue weighted by atomic mass is 79.9. The Hall–Kier alpha value is -1.42. The lowest BCUT2D eigenvalue weighted by Gasteiger charge is -2.09. The largest absolute Gasteiger partial charge is 0.369 e. The van der Waals surface area contributed by atoms with E-state index in [0.29, 0.717) is 6.42 Å².